The van der Waals surface area contributed by atoms with E-state index in [9.17, 15) is 9.59 Å². The summed E-state index contributed by atoms with van der Waals surface area (Å²) in [6.45, 7) is 4.54. The smallest absolute Gasteiger partial charge is 0.262 e. The predicted octanol–water partition coefficient (Wildman–Crippen LogP) is 3.63. The molecule has 1 atom stereocenters. The zero-order chi connectivity index (χ0) is 21.6. The summed E-state index contributed by atoms with van der Waals surface area (Å²) in [5.41, 5.74) is 1.25. The zero-order valence-corrected chi connectivity index (χ0v) is 17.8. The van der Waals surface area contributed by atoms with Gasteiger partial charge in [-0.2, -0.15) is 0 Å². The summed E-state index contributed by atoms with van der Waals surface area (Å²) in [5, 5.41) is 6.25. The number of benzene rings is 2. The fourth-order valence-corrected chi connectivity index (χ4v) is 3.17. The maximum atomic E-state index is 12.4. The number of allylic oxidation sites excluding steroid dienone is 1. The van der Waals surface area contributed by atoms with Crippen LogP contribution < -0.4 is 20.1 Å². The molecule has 0 fully saturated rings. The van der Waals surface area contributed by atoms with Gasteiger partial charge in [-0.05, 0) is 56.3 Å². The molecule has 6 nitrogen and oxygen atoms in total. The number of halogens is 1. The summed E-state index contributed by atoms with van der Waals surface area (Å²) < 4.78 is 11.0. The Hall–Kier alpha value is -2.99. The topological polar surface area (TPSA) is 76.7 Å². The van der Waals surface area contributed by atoms with E-state index < -0.39 is 5.41 Å². The SMILES string of the molecule is Cc1ccc(OCCNC(=O)C2(C)C=C(NC(=O)COc3ccc(Cl)cc3)C2)cc1. The van der Waals surface area contributed by atoms with Crippen LogP contribution >= 0.6 is 11.6 Å². The van der Waals surface area contributed by atoms with Gasteiger partial charge in [0.1, 0.15) is 18.1 Å². The fourth-order valence-electron chi connectivity index (χ4n) is 3.04. The van der Waals surface area contributed by atoms with E-state index in [1.807, 2.05) is 38.1 Å². The first kappa shape index (κ1) is 21.7. The lowest BCUT2D eigenvalue weighted by Gasteiger charge is -2.35. The number of nitrogens with one attached hydrogen (secondary N) is 2. The third kappa shape index (κ3) is 6.00. The average molecular weight is 429 g/mol. The molecule has 0 aliphatic heterocycles. The van der Waals surface area contributed by atoms with E-state index in [0.717, 1.165) is 5.75 Å². The van der Waals surface area contributed by atoms with Crippen LogP contribution in [-0.2, 0) is 9.59 Å². The normalized spacial score (nSPS) is 17.4. The molecular formula is C23H25ClN2O4. The Bertz CT molecular complexity index is 925. The van der Waals surface area contributed by atoms with Gasteiger partial charge >= 0.3 is 0 Å². The molecule has 2 aromatic rings. The monoisotopic (exact) mass is 428 g/mol. The Kier molecular flexibility index (Phi) is 7.00. The number of carbonyl (C=O) groups excluding carboxylic acids is 2. The molecule has 30 heavy (non-hydrogen) atoms. The van der Waals surface area contributed by atoms with Gasteiger partial charge in [-0.25, -0.2) is 0 Å². The molecule has 1 aliphatic carbocycles. The molecule has 158 valence electrons. The van der Waals surface area contributed by atoms with E-state index in [4.69, 9.17) is 21.1 Å². The highest BCUT2D eigenvalue weighted by Crippen LogP contribution is 2.37. The number of ether oxygens (including phenoxy) is 2. The number of rotatable bonds is 9. The van der Waals surface area contributed by atoms with E-state index in [1.54, 1.807) is 30.3 Å². The van der Waals surface area contributed by atoms with Crippen molar-refractivity contribution < 1.29 is 19.1 Å². The van der Waals surface area contributed by atoms with E-state index in [1.165, 1.54) is 5.56 Å². The minimum absolute atomic E-state index is 0.0922. The van der Waals surface area contributed by atoms with Gasteiger partial charge in [0, 0.05) is 17.1 Å². The molecule has 2 amide bonds. The molecule has 0 saturated carbocycles. The van der Waals surface area contributed by atoms with Crippen LogP contribution in [0.4, 0.5) is 0 Å². The second-order valence-electron chi connectivity index (χ2n) is 7.47. The molecule has 2 N–H and O–H groups in total. The molecule has 0 saturated heterocycles. The molecule has 7 heteroatoms. The molecule has 0 heterocycles. The van der Waals surface area contributed by atoms with E-state index in [0.29, 0.717) is 36.0 Å². The Morgan fingerprint density at radius 2 is 1.63 bits per heavy atom. The van der Waals surface area contributed by atoms with Crippen LogP contribution in [0.25, 0.3) is 0 Å². The third-order valence-corrected chi connectivity index (χ3v) is 4.98. The zero-order valence-electron chi connectivity index (χ0n) is 17.0. The first-order chi connectivity index (χ1) is 14.3. The summed E-state index contributed by atoms with van der Waals surface area (Å²) >= 11 is 5.81. The number of carbonyl (C=O) groups is 2. The van der Waals surface area contributed by atoms with Crippen LogP contribution in [0.1, 0.15) is 18.9 Å². The summed E-state index contributed by atoms with van der Waals surface area (Å²) in [4.78, 5) is 24.4. The van der Waals surface area contributed by atoms with Gasteiger partial charge in [-0.1, -0.05) is 29.3 Å². The van der Waals surface area contributed by atoms with Crippen molar-refractivity contribution in [2.24, 2.45) is 5.41 Å². The summed E-state index contributed by atoms with van der Waals surface area (Å²) in [5.74, 6) is 0.972. The van der Waals surface area contributed by atoms with Crippen molar-refractivity contribution in [1.82, 2.24) is 10.6 Å². The van der Waals surface area contributed by atoms with Crippen LogP contribution in [0.2, 0.25) is 5.02 Å². The van der Waals surface area contributed by atoms with Crippen LogP contribution in [0.5, 0.6) is 11.5 Å². The lowest BCUT2D eigenvalue weighted by molar-refractivity contribution is -0.129. The van der Waals surface area contributed by atoms with Crippen molar-refractivity contribution in [3.63, 3.8) is 0 Å². The van der Waals surface area contributed by atoms with E-state index in [2.05, 4.69) is 10.6 Å². The summed E-state index contributed by atoms with van der Waals surface area (Å²) in [7, 11) is 0. The van der Waals surface area contributed by atoms with Crippen molar-refractivity contribution in [3.8, 4) is 11.5 Å². The van der Waals surface area contributed by atoms with Gasteiger partial charge < -0.3 is 20.1 Å². The Morgan fingerprint density at radius 1 is 1.03 bits per heavy atom. The largest absolute Gasteiger partial charge is 0.492 e. The first-order valence-electron chi connectivity index (χ1n) is 9.72. The minimum atomic E-state index is -0.635. The van der Waals surface area contributed by atoms with Crippen molar-refractivity contribution in [1.29, 1.82) is 0 Å². The number of aryl methyl sites for hydroxylation is 1. The highest BCUT2D eigenvalue weighted by molar-refractivity contribution is 6.30. The Labute approximate surface area is 181 Å². The maximum Gasteiger partial charge on any atom is 0.262 e. The second kappa shape index (κ2) is 9.67. The van der Waals surface area contributed by atoms with Crippen LogP contribution in [0.15, 0.2) is 60.3 Å². The lowest BCUT2D eigenvalue weighted by atomic mass is 9.74. The van der Waals surface area contributed by atoms with Crippen molar-refractivity contribution >= 4 is 23.4 Å². The van der Waals surface area contributed by atoms with Gasteiger partial charge in [0.05, 0.1) is 12.0 Å². The highest BCUT2D eigenvalue weighted by Gasteiger charge is 2.39. The molecule has 1 unspecified atom stereocenters. The second-order valence-corrected chi connectivity index (χ2v) is 7.91. The van der Waals surface area contributed by atoms with E-state index in [-0.39, 0.29) is 18.4 Å². The van der Waals surface area contributed by atoms with Crippen LogP contribution in [-0.4, -0.2) is 31.6 Å². The molecule has 1 aliphatic rings. The van der Waals surface area contributed by atoms with Gasteiger partial charge in [0.25, 0.3) is 5.91 Å². The molecule has 0 radical (unpaired) electrons. The van der Waals surface area contributed by atoms with E-state index >= 15 is 0 Å². The lowest BCUT2D eigenvalue weighted by Crippen LogP contribution is -2.46. The standard InChI is InChI=1S/C23H25ClN2O4/c1-16-3-7-19(8-4-16)29-12-11-25-22(28)23(2)13-18(14-23)26-21(27)15-30-20-9-5-17(24)6-10-20/h3-10,13H,11-12,14-15H2,1-2H3,(H,25,28)(H,26,27). The van der Waals surface area contributed by atoms with Crippen molar-refractivity contribution in [2.45, 2.75) is 20.3 Å². The van der Waals surface area contributed by atoms with Gasteiger partial charge in [0.2, 0.25) is 5.91 Å². The maximum absolute atomic E-state index is 12.4. The average Bonchev–Trinajstić information content (AvgIpc) is 2.70. The fraction of sp³-hybridized carbons (Fsp3) is 0.304. The quantitative estimate of drug-likeness (QED) is 0.598. The molecule has 3 rings (SSSR count). The predicted molar refractivity (Wildman–Crippen MR) is 116 cm³/mol. The van der Waals surface area contributed by atoms with Crippen molar-refractivity contribution in [3.05, 3.63) is 70.9 Å². The highest BCUT2D eigenvalue weighted by atomic mass is 35.5. The van der Waals surface area contributed by atoms with Crippen LogP contribution in [0, 0.1) is 12.3 Å². The van der Waals surface area contributed by atoms with Gasteiger partial charge in [0.15, 0.2) is 6.61 Å². The van der Waals surface area contributed by atoms with Gasteiger partial charge in [-0.15, -0.1) is 0 Å². The number of hydrogen-bond donors (Lipinski definition) is 2. The first-order valence-corrected chi connectivity index (χ1v) is 10.1. The molecule has 0 aromatic heterocycles. The van der Waals surface area contributed by atoms with Gasteiger partial charge in [-0.3, -0.25) is 9.59 Å². The van der Waals surface area contributed by atoms with Crippen molar-refractivity contribution in [2.75, 3.05) is 19.8 Å². The Morgan fingerprint density at radius 3 is 2.30 bits per heavy atom. The number of hydrogen-bond acceptors (Lipinski definition) is 4. The number of amides is 2. The molecular weight excluding hydrogens is 404 g/mol. The summed E-state index contributed by atoms with van der Waals surface area (Å²) in [6, 6.07) is 14.5. The third-order valence-electron chi connectivity index (χ3n) is 4.73. The Balaban J connectivity index is 1.36. The molecule has 0 bridgehead atoms. The minimum Gasteiger partial charge on any atom is -0.492 e. The molecule has 0 spiro atoms. The summed E-state index contributed by atoms with van der Waals surface area (Å²) in [6.07, 6.45) is 2.23. The molecule has 2 aromatic carbocycles. The van der Waals surface area contributed by atoms with Crippen LogP contribution in [0.3, 0.4) is 0 Å².